The summed E-state index contributed by atoms with van der Waals surface area (Å²) in [6.45, 7) is 9.72. The first-order valence-corrected chi connectivity index (χ1v) is 13.6. The third-order valence-electron chi connectivity index (χ3n) is 8.30. The van der Waals surface area contributed by atoms with E-state index in [1.54, 1.807) is 0 Å². The van der Waals surface area contributed by atoms with Crippen LogP contribution in [-0.4, -0.2) is 46.8 Å². The van der Waals surface area contributed by atoms with E-state index >= 15 is 0 Å². The minimum absolute atomic E-state index is 0.295. The third-order valence-corrected chi connectivity index (χ3v) is 8.30. The van der Waals surface area contributed by atoms with Gasteiger partial charge in [-0.05, 0) is 48.3 Å². The van der Waals surface area contributed by atoms with E-state index in [9.17, 15) is 19.5 Å². The van der Waals surface area contributed by atoms with Crippen LogP contribution in [0.3, 0.4) is 0 Å². The average Bonchev–Trinajstić information content (AvgIpc) is 3.14. The SMILES string of the molecule is C=C1[C@@H](C)[C@H]2[C@H](Cc3ccccc3)NC(=O)[C@]23OC(=O)/C=C/[C@H](O)CCC[C@@H](C)C/C=C/[C@@H]3[C@@H]1OC(C)=O. The first kappa shape index (κ1) is 27.8. The summed E-state index contributed by atoms with van der Waals surface area (Å²) < 4.78 is 11.9. The van der Waals surface area contributed by atoms with Crippen molar-refractivity contribution >= 4 is 17.8 Å². The molecule has 0 unspecified atom stereocenters. The molecule has 1 aromatic carbocycles. The molecule has 0 bridgehead atoms. The van der Waals surface area contributed by atoms with Crippen molar-refractivity contribution in [2.45, 2.75) is 76.7 Å². The number of ether oxygens (including phenoxy) is 2. The Balaban J connectivity index is 1.84. The molecule has 8 atom stereocenters. The highest BCUT2D eigenvalue weighted by Gasteiger charge is 2.68. The Hall–Kier alpha value is -3.19. The molecular weight excluding hydrogens is 482 g/mol. The molecule has 2 aliphatic heterocycles. The maximum Gasteiger partial charge on any atom is 0.331 e. The summed E-state index contributed by atoms with van der Waals surface area (Å²) in [6.07, 6.45) is 8.47. The van der Waals surface area contributed by atoms with Gasteiger partial charge in [0, 0.05) is 25.0 Å². The smallest absolute Gasteiger partial charge is 0.331 e. The highest BCUT2D eigenvalue weighted by molar-refractivity contribution is 5.94. The summed E-state index contributed by atoms with van der Waals surface area (Å²) in [5, 5.41) is 13.5. The first-order chi connectivity index (χ1) is 18.1. The molecule has 7 nitrogen and oxygen atoms in total. The molecule has 4 rings (SSSR count). The predicted molar refractivity (Wildman–Crippen MR) is 144 cm³/mol. The number of esters is 2. The number of hydrogen-bond acceptors (Lipinski definition) is 6. The molecule has 0 radical (unpaired) electrons. The van der Waals surface area contributed by atoms with E-state index in [2.05, 4.69) is 18.8 Å². The largest absolute Gasteiger partial charge is 0.457 e. The normalized spacial score (nSPS) is 37.6. The number of hydrogen-bond donors (Lipinski definition) is 2. The van der Waals surface area contributed by atoms with Gasteiger partial charge in [-0.15, -0.1) is 0 Å². The maximum atomic E-state index is 14.0. The van der Waals surface area contributed by atoms with Crippen LogP contribution >= 0.6 is 0 Å². The fourth-order valence-corrected chi connectivity index (χ4v) is 6.40. The summed E-state index contributed by atoms with van der Waals surface area (Å²) >= 11 is 0. The number of carbonyl (C=O) groups is 3. The number of amides is 1. The van der Waals surface area contributed by atoms with E-state index in [0.717, 1.165) is 24.8 Å². The monoisotopic (exact) mass is 521 g/mol. The molecular formula is C31H39NO6. The zero-order valence-electron chi connectivity index (χ0n) is 22.5. The second-order valence-corrected chi connectivity index (χ2v) is 11.1. The second-order valence-electron chi connectivity index (χ2n) is 11.1. The number of carbonyl (C=O) groups excluding carboxylic acids is 3. The molecule has 3 aliphatic rings. The topological polar surface area (TPSA) is 102 Å². The fraction of sp³-hybridized carbons (Fsp3) is 0.516. The van der Waals surface area contributed by atoms with Crippen LogP contribution in [0.2, 0.25) is 0 Å². The van der Waals surface area contributed by atoms with Gasteiger partial charge in [-0.3, -0.25) is 9.59 Å². The Morgan fingerprint density at radius 3 is 2.63 bits per heavy atom. The predicted octanol–water partition coefficient (Wildman–Crippen LogP) is 4.06. The minimum atomic E-state index is -1.61. The lowest BCUT2D eigenvalue weighted by Gasteiger charge is -2.49. The number of allylic oxidation sites excluding steroid dienone is 1. The lowest BCUT2D eigenvalue weighted by atomic mass is 9.59. The zero-order valence-corrected chi connectivity index (χ0v) is 22.5. The van der Waals surface area contributed by atoms with E-state index in [0.29, 0.717) is 24.3 Å². The Bertz CT molecular complexity index is 1110. The van der Waals surface area contributed by atoms with E-state index in [-0.39, 0.29) is 12.0 Å². The number of nitrogens with one attached hydrogen (secondary N) is 1. The second kappa shape index (κ2) is 11.7. The summed E-state index contributed by atoms with van der Waals surface area (Å²) in [6, 6.07) is 9.52. The molecule has 2 heterocycles. The summed E-state index contributed by atoms with van der Waals surface area (Å²) in [5.41, 5.74) is 0.128. The molecule has 2 N–H and O–H groups in total. The average molecular weight is 522 g/mol. The molecule has 1 aromatic rings. The lowest BCUT2D eigenvalue weighted by molar-refractivity contribution is -0.186. The van der Waals surface area contributed by atoms with Crippen LogP contribution in [0.15, 0.2) is 66.8 Å². The zero-order chi connectivity index (χ0) is 27.4. The van der Waals surface area contributed by atoms with E-state index in [1.165, 1.54) is 19.1 Å². The van der Waals surface area contributed by atoms with Gasteiger partial charge in [0.25, 0.3) is 5.91 Å². The van der Waals surface area contributed by atoms with Crippen LogP contribution in [0.1, 0.15) is 52.0 Å². The van der Waals surface area contributed by atoms with Gasteiger partial charge >= 0.3 is 11.9 Å². The molecule has 7 heteroatoms. The van der Waals surface area contributed by atoms with Crippen molar-refractivity contribution in [2.24, 2.45) is 23.7 Å². The Morgan fingerprint density at radius 2 is 1.92 bits per heavy atom. The van der Waals surface area contributed by atoms with Gasteiger partial charge in [0.2, 0.25) is 5.60 Å². The highest BCUT2D eigenvalue weighted by atomic mass is 16.6. The van der Waals surface area contributed by atoms with Crippen molar-refractivity contribution in [3.05, 3.63) is 72.4 Å². The van der Waals surface area contributed by atoms with Crippen molar-refractivity contribution in [1.29, 1.82) is 0 Å². The van der Waals surface area contributed by atoms with Crippen LogP contribution < -0.4 is 5.32 Å². The Labute approximate surface area is 225 Å². The number of rotatable bonds is 3. The molecule has 38 heavy (non-hydrogen) atoms. The number of aliphatic hydroxyl groups is 1. The van der Waals surface area contributed by atoms with E-state index < -0.39 is 47.5 Å². The molecule has 1 amide bonds. The van der Waals surface area contributed by atoms with Crippen molar-refractivity contribution in [2.75, 3.05) is 0 Å². The summed E-state index contributed by atoms with van der Waals surface area (Å²) in [7, 11) is 0. The third kappa shape index (κ3) is 5.63. The molecule has 1 aliphatic carbocycles. The minimum Gasteiger partial charge on any atom is -0.457 e. The van der Waals surface area contributed by atoms with Gasteiger partial charge in [0.05, 0.1) is 12.0 Å². The van der Waals surface area contributed by atoms with Crippen LogP contribution in [-0.2, 0) is 30.3 Å². The van der Waals surface area contributed by atoms with Crippen molar-refractivity contribution in [1.82, 2.24) is 5.32 Å². The van der Waals surface area contributed by atoms with Crippen molar-refractivity contribution in [3.63, 3.8) is 0 Å². The van der Waals surface area contributed by atoms with E-state index in [4.69, 9.17) is 9.47 Å². The molecule has 0 aromatic heterocycles. The van der Waals surface area contributed by atoms with Crippen molar-refractivity contribution in [3.8, 4) is 0 Å². The Morgan fingerprint density at radius 1 is 1.18 bits per heavy atom. The van der Waals surface area contributed by atoms with Crippen LogP contribution in [0, 0.1) is 23.7 Å². The fourth-order valence-electron chi connectivity index (χ4n) is 6.40. The van der Waals surface area contributed by atoms with Gasteiger partial charge in [0.15, 0.2) is 0 Å². The molecule has 2 fully saturated rings. The molecule has 1 saturated carbocycles. The first-order valence-electron chi connectivity index (χ1n) is 13.6. The van der Waals surface area contributed by atoms with Crippen LogP contribution in [0.25, 0.3) is 0 Å². The van der Waals surface area contributed by atoms with Gasteiger partial charge < -0.3 is 19.9 Å². The molecule has 1 saturated heterocycles. The van der Waals surface area contributed by atoms with Gasteiger partial charge in [-0.2, -0.15) is 0 Å². The van der Waals surface area contributed by atoms with Gasteiger partial charge in [0.1, 0.15) is 6.10 Å². The highest BCUT2D eigenvalue weighted by Crippen LogP contribution is 2.53. The number of benzene rings is 1. The van der Waals surface area contributed by atoms with E-state index in [1.807, 2.05) is 49.4 Å². The quantitative estimate of drug-likeness (QED) is 0.460. The van der Waals surface area contributed by atoms with Crippen molar-refractivity contribution < 1.29 is 29.0 Å². The van der Waals surface area contributed by atoms with Gasteiger partial charge in [-0.25, -0.2) is 4.79 Å². The van der Waals surface area contributed by atoms with Crippen LogP contribution in [0.4, 0.5) is 0 Å². The number of aliphatic hydroxyl groups excluding tert-OH is 1. The maximum absolute atomic E-state index is 14.0. The summed E-state index contributed by atoms with van der Waals surface area (Å²) in [4.78, 5) is 39.4. The lowest BCUT2D eigenvalue weighted by Crippen LogP contribution is -2.62. The summed E-state index contributed by atoms with van der Waals surface area (Å²) in [5.74, 6) is -2.76. The Kier molecular flexibility index (Phi) is 8.56. The molecule has 1 spiro atoms. The van der Waals surface area contributed by atoms with Crippen LogP contribution in [0.5, 0.6) is 0 Å². The van der Waals surface area contributed by atoms with Gasteiger partial charge in [-0.1, -0.05) is 75.8 Å². The standard InChI is InChI=1S/C31H39NO6/c1-19-10-8-14-24(34)16-17-27(35)38-31-25(15-9-11-19)29(37-22(4)33)21(3)20(2)28(31)26(32-30(31)36)18-23-12-6-5-7-13-23/h5-7,9,12-13,15-17,19-20,24-26,28-29,34H,3,8,10-11,14,18H2,1-2,4H3,(H,32,36)/b15-9+,17-16+/t19-,20-,24-,25-,26+,28+,29-,31-/m1/s1. The molecule has 204 valence electrons.